The lowest BCUT2D eigenvalue weighted by atomic mass is 9.76. The van der Waals surface area contributed by atoms with E-state index in [1.807, 2.05) is 4.68 Å². The molecule has 0 saturated heterocycles. The number of tetrazole rings is 1. The van der Waals surface area contributed by atoms with Gasteiger partial charge in [0, 0.05) is 0 Å². The van der Waals surface area contributed by atoms with E-state index in [9.17, 15) is 0 Å². The van der Waals surface area contributed by atoms with Gasteiger partial charge in [-0.2, -0.15) is 4.68 Å². The van der Waals surface area contributed by atoms with E-state index in [2.05, 4.69) is 66.7 Å². The molecule has 3 rings (SSSR count). The molecule has 0 atom stereocenters. The van der Waals surface area contributed by atoms with Crippen LogP contribution in [0, 0.1) is 19.8 Å². The zero-order valence-electron chi connectivity index (χ0n) is 15.3. The van der Waals surface area contributed by atoms with Crippen molar-refractivity contribution in [2.75, 3.05) is 6.54 Å². The van der Waals surface area contributed by atoms with Gasteiger partial charge in [0.05, 0.1) is 11.2 Å². The van der Waals surface area contributed by atoms with Gasteiger partial charge < -0.3 is 5.32 Å². The Morgan fingerprint density at radius 1 is 1.25 bits per heavy atom. The van der Waals surface area contributed by atoms with Gasteiger partial charge in [-0.1, -0.05) is 26.0 Å². The van der Waals surface area contributed by atoms with Crippen LogP contribution in [0.15, 0.2) is 18.2 Å². The first-order chi connectivity index (χ1) is 11.6. The van der Waals surface area contributed by atoms with Gasteiger partial charge in [0.25, 0.3) is 0 Å². The van der Waals surface area contributed by atoms with E-state index in [1.165, 1.54) is 24.0 Å². The molecular formula is C19H29N5. The van der Waals surface area contributed by atoms with Gasteiger partial charge in [-0.25, -0.2) is 0 Å². The maximum Gasteiger partial charge on any atom is 0.176 e. The van der Waals surface area contributed by atoms with Gasteiger partial charge in [0.2, 0.25) is 0 Å². The van der Waals surface area contributed by atoms with E-state index < -0.39 is 0 Å². The molecule has 1 aromatic heterocycles. The SMILES string of the molecule is CCCNC1(c2nnnn2-c2cccc(C)c2C)CCC(C)CC1. The van der Waals surface area contributed by atoms with Crippen molar-refractivity contribution in [2.24, 2.45) is 5.92 Å². The van der Waals surface area contributed by atoms with E-state index in [0.717, 1.165) is 43.2 Å². The second-order valence-corrected chi connectivity index (χ2v) is 7.32. The summed E-state index contributed by atoms with van der Waals surface area (Å²) in [6.07, 6.45) is 5.74. The Kier molecular flexibility index (Phi) is 4.99. The van der Waals surface area contributed by atoms with Crippen LogP contribution in [0.1, 0.15) is 62.9 Å². The Labute approximate surface area is 144 Å². The Hall–Kier alpha value is -1.75. The molecule has 24 heavy (non-hydrogen) atoms. The van der Waals surface area contributed by atoms with Crippen LogP contribution in [0.2, 0.25) is 0 Å². The van der Waals surface area contributed by atoms with E-state index in [1.54, 1.807) is 0 Å². The van der Waals surface area contributed by atoms with Crippen molar-refractivity contribution < 1.29 is 0 Å². The third-order valence-electron chi connectivity index (χ3n) is 5.54. The number of nitrogens with zero attached hydrogens (tertiary/aromatic N) is 4. The summed E-state index contributed by atoms with van der Waals surface area (Å²) in [7, 11) is 0. The Morgan fingerprint density at radius 2 is 2.00 bits per heavy atom. The number of hydrogen-bond donors (Lipinski definition) is 1. The largest absolute Gasteiger partial charge is 0.305 e. The lowest BCUT2D eigenvalue weighted by Gasteiger charge is -2.39. The highest BCUT2D eigenvalue weighted by Gasteiger charge is 2.40. The lowest BCUT2D eigenvalue weighted by molar-refractivity contribution is 0.183. The van der Waals surface area contributed by atoms with Gasteiger partial charge in [0.15, 0.2) is 5.82 Å². The molecule has 130 valence electrons. The number of benzene rings is 1. The summed E-state index contributed by atoms with van der Waals surface area (Å²) in [5.74, 6) is 1.75. The summed E-state index contributed by atoms with van der Waals surface area (Å²) >= 11 is 0. The molecule has 5 heteroatoms. The molecule has 1 fully saturated rings. The molecule has 0 spiro atoms. The first kappa shape index (κ1) is 17.1. The van der Waals surface area contributed by atoms with Crippen LogP contribution in [-0.2, 0) is 5.54 Å². The van der Waals surface area contributed by atoms with Gasteiger partial charge in [0.1, 0.15) is 0 Å². The van der Waals surface area contributed by atoms with Crippen molar-refractivity contribution in [3.63, 3.8) is 0 Å². The third kappa shape index (κ3) is 3.09. The van der Waals surface area contributed by atoms with Crippen LogP contribution in [0.4, 0.5) is 0 Å². The Balaban J connectivity index is 2.04. The molecule has 1 saturated carbocycles. The molecule has 1 heterocycles. The number of rotatable bonds is 5. The van der Waals surface area contributed by atoms with E-state index >= 15 is 0 Å². The number of aryl methyl sites for hydroxylation is 1. The molecule has 0 radical (unpaired) electrons. The van der Waals surface area contributed by atoms with E-state index in [0.29, 0.717) is 0 Å². The standard InChI is InChI=1S/C19H29N5/c1-5-13-20-19(11-9-14(2)10-12-19)18-21-22-23-24(18)17-8-6-7-15(3)16(17)4/h6-8,14,20H,5,9-13H2,1-4H3. The molecule has 1 aliphatic rings. The summed E-state index contributed by atoms with van der Waals surface area (Å²) in [6, 6.07) is 6.33. The van der Waals surface area contributed by atoms with E-state index in [-0.39, 0.29) is 5.54 Å². The molecule has 2 aromatic rings. The maximum absolute atomic E-state index is 4.48. The quantitative estimate of drug-likeness (QED) is 0.910. The van der Waals surface area contributed by atoms with Gasteiger partial charge in [-0.15, -0.1) is 5.10 Å². The summed E-state index contributed by atoms with van der Waals surface area (Å²) in [5.41, 5.74) is 3.48. The molecule has 0 unspecified atom stereocenters. The fourth-order valence-electron chi connectivity index (χ4n) is 3.71. The number of nitrogens with one attached hydrogen (secondary N) is 1. The highest BCUT2D eigenvalue weighted by molar-refractivity contribution is 5.44. The van der Waals surface area contributed by atoms with Crippen molar-refractivity contribution in [3.8, 4) is 5.69 Å². The number of aromatic nitrogens is 4. The predicted molar refractivity (Wildman–Crippen MR) is 96.2 cm³/mol. The van der Waals surface area contributed by atoms with Gasteiger partial charge in [-0.3, -0.25) is 0 Å². The molecule has 1 N–H and O–H groups in total. The summed E-state index contributed by atoms with van der Waals surface area (Å²) in [5, 5.41) is 16.7. The van der Waals surface area contributed by atoms with Crippen LogP contribution in [0.5, 0.6) is 0 Å². The second kappa shape index (κ2) is 7.01. The minimum atomic E-state index is -0.109. The first-order valence-corrected chi connectivity index (χ1v) is 9.18. The van der Waals surface area contributed by atoms with Crippen molar-refractivity contribution in [3.05, 3.63) is 35.2 Å². The van der Waals surface area contributed by atoms with Gasteiger partial charge in [-0.05, 0) is 86.0 Å². The predicted octanol–water partition coefficient (Wildman–Crippen LogP) is 3.68. The van der Waals surface area contributed by atoms with Crippen LogP contribution in [0.3, 0.4) is 0 Å². The Morgan fingerprint density at radius 3 is 2.71 bits per heavy atom. The van der Waals surface area contributed by atoms with Crippen LogP contribution < -0.4 is 5.32 Å². The van der Waals surface area contributed by atoms with Crippen molar-refractivity contribution in [1.29, 1.82) is 0 Å². The smallest absolute Gasteiger partial charge is 0.176 e. The molecule has 0 aliphatic heterocycles. The van der Waals surface area contributed by atoms with Crippen LogP contribution in [0.25, 0.3) is 5.69 Å². The fourth-order valence-corrected chi connectivity index (χ4v) is 3.71. The minimum absolute atomic E-state index is 0.109. The molecule has 5 nitrogen and oxygen atoms in total. The fraction of sp³-hybridized carbons (Fsp3) is 0.632. The molecule has 0 bridgehead atoms. The normalized spacial score (nSPS) is 24.2. The van der Waals surface area contributed by atoms with Crippen molar-refractivity contribution in [1.82, 2.24) is 25.5 Å². The Bertz CT molecular complexity index is 677. The molecule has 0 amide bonds. The summed E-state index contributed by atoms with van der Waals surface area (Å²) in [4.78, 5) is 0. The molecule has 1 aromatic carbocycles. The molecular weight excluding hydrogens is 298 g/mol. The zero-order chi connectivity index (χ0) is 17.2. The average Bonchev–Trinajstić information content (AvgIpc) is 3.07. The summed E-state index contributed by atoms with van der Waals surface area (Å²) < 4.78 is 1.96. The number of hydrogen-bond acceptors (Lipinski definition) is 4. The monoisotopic (exact) mass is 327 g/mol. The lowest BCUT2D eigenvalue weighted by Crippen LogP contribution is -2.47. The highest BCUT2D eigenvalue weighted by Crippen LogP contribution is 2.39. The zero-order valence-corrected chi connectivity index (χ0v) is 15.3. The average molecular weight is 327 g/mol. The topological polar surface area (TPSA) is 55.6 Å². The van der Waals surface area contributed by atoms with Crippen LogP contribution in [-0.4, -0.2) is 26.8 Å². The van der Waals surface area contributed by atoms with Crippen molar-refractivity contribution in [2.45, 2.75) is 65.3 Å². The van der Waals surface area contributed by atoms with Crippen molar-refractivity contribution >= 4 is 0 Å². The minimum Gasteiger partial charge on any atom is -0.305 e. The molecule has 1 aliphatic carbocycles. The van der Waals surface area contributed by atoms with E-state index in [4.69, 9.17) is 0 Å². The maximum atomic E-state index is 4.48. The second-order valence-electron chi connectivity index (χ2n) is 7.32. The highest BCUT2D eigenvalue weighted by atomic mass is 15.6. The van der Waals surface area contributed by atoms with Crippen LogP contribution >= 0.6 is 0 Å². The first-order valence-electron chi connectivity index (χ1n) is 9.18. The summed E-state index contributed by atoms with van der Waals surface area (Å²) in [6.45, 7) is 9.83. The van der Waals surface area contributed by atoms with Gasteiger partial charge >= 0.3 is 0 Å². The third-order valence-corrected chi connectivity index (χ3v) is 5.54.